The number of thiophene rings is 1. The normalized spacial score (nSPS) is 21.6. The van der Waals surface area contributed by atoms with Crippen molar-refractivity contribution in [3.8, 4) is 0 Å². The molecule has 1 fully saturated rings. The van der Waals surface area contributed by atoms with Crippen molar-refractivity contribution in [3.63, 3.8) is 0 Å². The van der Waals surface area contributed by atoms with Gasteiger partial charge in [0.25, 0.3) is 5.91 Å². The van der Waals surface area contributed by atoms with E-state index in [0.29, 0.717) is 10.8 Å². The fraction of sp³-hybridized carbons (Fsp3) is 0.429. The van der Waals surface area contributed by atoms with Gasteiger partial charge < -0.3 is 10.4 Å². The number of carboxylic acid groups (broad SMARTS) is 1. The molecule has 4 nitrogen and oxygen atoms in total. The Morgan fingerprint density at radius 1 is 1.58 bits per heavy atom. The maximum absolute atomic E-state index is 11.9. The van der Waals surface area contributed by atoms with E-state index in [1.165, 1.54) is 23.8 Å². The van der Waals surface area contributed by atoms with Crippen LogP contribution in [0, 0.1) is 18.8 Å². The quantitative estimate of drug-likeness (QED) is 0.814. The van der Waals surface area contributed by atoms with E-state index < -0.39 is 5.97 Å². The van der Waals surface area contributed by atoms with E-state index in [1.54, 1.807) is 6.07 Å². The average molecular weight is 279 g/mol. The molecule has 1 amide bonds. The molecule has 5 heteroatoms. The highest BCUT2D eigenvalue weighted by Gasteiger charge is 2.32. The summed E-state index contributed by atoms with van der Waals surface area (Å²) in [6.07, 6.45) is 3.81. The maximum Gasteiger partial charge on any atom is 0.328 e. The molecule has 0 aliphatic heterocycles. The number of carbonyl (C=O) groups is 2. The smallest absolute Gasteiger partial charge is 0.328 e. The number of hydrogen-bond acceptors (Lipinski definition) is 3. The lowest BCUT2D eigenvalue weighted by Crippen LogP contribution is -2.25. The van der Waals surface area contributed by atoms with E-state index in [4.69, 9.17) is 5.11 Å². The first-order chi connectivity index (χ1) is 8.97. The van der Waals surface area contributed by atoms with Crippen molar-refractivity contribution in [3.05, 3.63) is 27.5 Å². The van der Waals surface area contributed by atoms with Crippen LogP contribution in [0.5, 0.6) is 0 Å². The largest absolute Gasteiger partial charge is 0.478 e. The Kier molecular flexibility index (Phi) is 4.04. The molecule has 0 bridgehead atoms. The van der Waals surface area contributed by atoms with Crippen molar-refractivity contribution in [1.29, 1.82) is 0 Å². The molecular weight excluding hydrogens is 262 g/mol. The maximum atomic E-state index is 11.9. The first-order valence-electron chi connectivity index (χ1n) is 6.27. The minimum atomic E-state index is -0.985. The second-order valence-corrected chi connectivity index (χ2v) is 6.10. The summed E-state index contributed by atoms with van der Waals surface area (Å²) < 4.78 is 0. The molecule has 2 rings (SSSR count). The summed E-state index contributed by atoms with van der Waals surface area (Å²) in [7, 11) is 0. The second kappa shape index (κ2) is 5.57. The molecule has 1 aromatic rings. The van der Waals surface area contributed by atoms with E-state index in [1.807, 2.05) is 6.92 Å². The van der Waals surface area contributed by atoms with Gasteiger partial charge in [-0.2, -0.15) is 0 Å². The summed E-state index contributed by atoms with van der Waals surface area (Å²) in [5.41, 5.74) is 0.924. The lowest BCUT2D eigenvalue weighted by atomic mass is 10.2. The lowest BCUT2D eigenvalue weighted by Gasteiger charge is -2.01. The molecule has 2 N–H and O–H groups in total. The van der Waals surface area contributed by atoms with Gasteiger partial charge in [-0.1, -0.05) is 6.92 Å². The summed E-state index contributed by atoms with van der Waals surface area (Å²) in [4.78, 5) is 23.9. The number of carbonyl (C=O) groups excluding carboxylic acids is 1. The molecule has 1 aliphatic rings. The van der Waals surface area contributed by atoms with E-state index in [2.05, 4.69) is 12.2 Å². The Morgan fingerprint density at radius 2 is 2.26 bits per heavy atom. The molecule has 1 aromatic heterocycles. The minimum Gasteiger partial charge on any atom is -0.478 e. The van der Waals surface area contributed by atoms with Gasteiger partial charge in [0.2, 0.25) is 0 Å². The van der Waals surface area contributed by atoms with Crippen molar-refractivity contribution in [2.75, 3.05) is 6.54 Å². The van der Waals surface area contributed by atoms with Crippen LogP contribution in [0.2, 0.25) is 0 Å². The zero-order valence-corrected chi connectivity index (χ0v) is 11.8. The Labute approximate surface area is 116 Å². The zero-order valence-electron chi connectivity index (χ0n) is 11.0. The molecular formula is C14H17NO3S. The third-order valence-corrected chi connectivity index (χ3v) is 4.56. The zero-order chi connectivity index (χ0) is 14.0. The molecule has 0 spiro atoms. The molecule has 1 saturated carbocycles. The summed E-state index contributed by atoms with van der Waals surface area (Å²) in [6.45, 7) is 4.79. The fourth-order valence-corrected chi connectivity index (χ4v) is 2.91. The number of rotatable bonds is 5. The summed E-state index contributed by atoms with van der Waals surface area (Å²) in [5, 5.41) is 11.5. The number of nitrogens with one attached hydrogen (secondary N) is 1. The highest BCUT2D eigenvalue weighted by molar-refractivity contribution is 7.15. The van der Waals surface area contributed by atoms with Gasteiger partial charge in [-0.25, -0.2) is 4.79 Å². The van der Waals surface area contributed by atoms with Crippen LogP contribution in [0.3, 0.4) is 0 Å². The predicted octanol–water partition coefficient (Wildman–Crippen LogP) is 2.54. The molecule has 0 aromatic carbocycles. The van der Waals surface area contributed by atoms with Crippen LogP contribution < -0.4 is 5.32 Å². The van der Waals surface area contributed by atoms with Gasteiger partial charge in [-0.15, -0.1) is 11.3 Å². The molecule has 19 heavy (non-hydrogen) atoms. The van der Waals surface area contributed by atoms with Crippen molar-refractivity contribution in [2.24, 2.45) is 11.8 Å². The van der Waals surface area contributed by atoms with Gasteiger partial charge >= 0.3 is 5.97 Å². The highest BCUT2D eigenvalue weighted by Crippen LogP contribution is 2.36. The topological polar surface area (TPSA) is 66.4 Å². The molecule has 0 radical (unpaired) electrons. The van der Waals surface area contributed by atoms with Crippen LogP contribution in [0.15, 0.2) is 12.1 Å². The number of aryl methyl sites for hydroxylation is 1. The standard InChI is InChI=1S/C14H17NO3S/c1-8-5-10(8)7-15-14(18)12-6-9(2)11(19-12)3-4-13(16)17/h3-4,6,8,10H,5,7H2,1-2H3,(H,15,18)(H,16,17)/b4-3+. The molecule has 1 aliphatic carbocycles. The third-order valence-electron chi connectivity index (χ3n) is 3.36. The van der Waals surface area contributed by atoms with Gasteiger partial charge in [0, 0.05) is 17.5 Å². The van der Waals surface area contributed by atoms with Gasteiger partial charge in [0.15, 0.2) is 0 Å². The van der Waals surface area contributed by atoms with Crippen molar-refractivity contribution < 1.29 is 14.7 Å². The third kappa shape index (κ3) is 3.67. The number of aliphatic carboxylic acids is 1. The monoisotopic (exact) mass is 279 g/mol. The Morgan fingerprint density at radius 3 is 2.84 bits per heavy atom. The van der Waals surface area contributed by atoms with Crippen LogP contribution in [-0.4, -0.2) is 23.5 Å². The van der Waals surface area contributed by atoms with Crippen LogP contribution in [0.25, 0.3) is 6.08 Å². The fourth-order valence-electron chi connectivity index (χ4n) is 1.91. The number of carboxylic acids is 1. The molecule has 1 heterocycles. The van der Waals surface area contributed by atoms with Crippen LogP contribution >= 0.6 is 11.3 Å². The predicted molar refractivity (Wildman–Crippen MR) is 75.3 cm³/mol. The van der Waals surface area contributed by atoms with E-state index >= 15 is 0 Å². The number of hydrogen-bond donors (Lipinski definition) is 2. The van der Waals surface area contributed by atoms with Gasteiger partial charge in [-0.05, 0) is 42.9 Å². The van der Waals surface area contributed by atoms with Crippen LogP contribution in [0.4, 0.5) is 0 Å². The summed E-state index contributed by atoms with van der Waals surface area (Å²) in [5.74, 6) is 0.291. The first-order valence-corrected chi connectivity index (χ1v) is 7.08. The van der Waals surface area contributed by atoms with E-state index in [-0.39, 0.29) is 5.91 Å². The van der Waals surface area contributed by atoms with Crippen molar-refractivity contribution in [2.45, 2.75) is 20.3 Å². The Hall–Kier alpha value is -1.62. The lowest BCUT2D eigenvalue weighted by molar-refractivity contribution is -0.131. The van der Waals surface area contributed by atoms with Crippen LogP contribution in [-0.2, 0) is 4.79 Å². The number of amides is 1. The van der Waals surface area contributed by atoms with Crippen LogP contribution in [0.1, 0.15) is 33.5 Å². The van der Waals surface area contributed by atoms with Gasteiger partial charge in [0.1, 0.15) is 0 Å². The van der Waals surface area contributed by atoms with Crippen molar-refractivity contribution in [1.82, 2.24) is 5.32 Å². The molecule has 102 valence electrons. The first kappa shape index (κ1) is 13.8. The van der Waals surface area contributed by atoms with Gasteiger partial charge in [-0.3, -0.25) is 4.79 Å². The molecule has 0 saturated heterocycles. The van der Waals surface area contributed by atoms with E-state index in [9.17, 15) is 9.59 Å². The Balaban J connectivity index is 1.98. The molecule has 2 unspecified atom stereocenters. The highest BCUT2D eigenvalue weighted by atomic mass is 32.1. The second-order valence-electron chi connectivity index (χ2n) is 5.01. The van der Waals surface area contributed by atoms with Crippen molar-refractivity contribution >= 4 is 29.3 Å². The average Bonchev–Trinajstić information content (AvgIpc) is 2.92. The Bertz CT molecular complexity index is 533. The molecule has 2 atom stereocenters. The minimum absolute atomic E-state index is 0.0674. The van der Waals surface area contributed by atoms with E-state index in [0.717, 1.165) is 29.0 Å². The van der Waals surface area contributed by atoms with Gasteiger partial charge in [0.05, 0.1) is 4.88 Å². The summed E-state index contributed by atoms with van der Waals surface area (Å²) >= 11 is 1.32. The SMILES string of the molecule is Cc1cc(C(=O)NCC2CC2C)sc1/C=C/C(=O)O. The summed E-state index contributed by atoms with van der Waals surface area (Å²) in [6, 6.07) is 1.80.